The van der Waals surface area contributed by atoms with Crippen LogP contribution in [0.25, 0.3) is 0 Å². The van der Waals surface area contributed by atoms with E-state index in [2.05, 4.69) is 10.3 Å². The van der Waals surface area contributed by atoms with E-state index in [-0.39, 0.29) is 11.8 Å². The van der Waals surface area contributed by atoms with E-state index in [0.717, 1.165) is 11.3 Å². The predicted molar refractivity (Wildman–Crippen MR) is 69.4 cm³/mol. The van der Waals surface area contributed by atoms with Crippen molar-refractivity contribution in [2.45, 2.75) is 13.0 Å². The number of hydrogen-bond donors (Lipinski definition) is 2. The highest BCUT2D eigenvalue weighted by atomic mass is 35.5. The van der Waals surface area contributed by atoms with Gasteiger partial charge in [0.25, 0.3) is 0 Å². The maximum Gasteiger partial charge on any atom is 0.115 e. The summed E-state index contributed by atoms with van der Waals surface area (Å²) in [5, 5.41) is 13.3. The number of nitrogens with zero attached hydrogens (tertiary/aromatic N) is 1. The molecule has 1 atom stereocenters. The molecular weight excluding hydrogens is 236 g/mol. The van der Waals surface area contributed by atoms with E-state index in [4.69, 9.17) is 11.6 Å². The fourth-order valence-electron chi connectivity index (χ4n) is 1.59. The van der Waals surface area contributed by atoms with Gasteiger partial charge in [0.1, 0.15) is 5.75 Å². The van der Waals surface area contributed by atoms with Crippen LogP contribution in [0.4, 0.5) is 5.69 Å². The molecule has 0 aliphatic heterocycles. The van der Waals surface area contributed by atoms with Gasteiger partial charge in [0.05, 0.1) is 16.9 Å². The number of aromatic hydroxyl groups is 1. The maximum atomic E-state index is 9.42. The summed E-state index contributed by atoms with van der Waals surface area (Å²) in [5.74, 6) is 0.258. The van der Waals surface area contributed by atoms with Crippen molar-refractivity contribution in [1.29, 1.82) is 0 Å². The summed E-state index contributed by atoms with van der Waals surface area (Å²) in [4.78, 5) is 4.01. The third kappa shape index (κ3) is 2.88. The number of phenolic OH excluding ortho intramolecular Hbond substituents is 1. The van der Waals surface area contributed by atoms with Crippen LogP contribution in [0.2, 0.25) is 5.02 Å². The molecule has 2 rings (SSSR count). The molecule has 0 aliphatic carbocycles. The van der Waals surface area contributed by atoms with Gasteiger partial charge in [0.2, 0.25) is 0 Å². The SMILES string of the molecule is CC(Nc1cnccc1Cl)c1cccc(O)c1. The molecule has 17 heavy (non-hydrogen) atoms. The standard InChI is InChI=1S/C13H13ClN2O/c1-9(10-3-2-4-11(17)7-10)16-13-8-15-6-5-12(13)14/h2-9,16-17H,1H3. The Bertz CT molecular complexity index is 516. The molecule has 4 heteroatoms. The molecule has 0 bridgehead atoms. The summed E-state index contributed by atoms with van der Waals surface area (Å²) in [6.45, 7) is 2.00. The van der Waals surface area contributed by atoms with Gasteiger partial charge in [-0.1, -0.05) is 23.7 Å². The van der Waals surface area contributed by atoms with Crippen LogP contribution in [0, 0.1) is 0 Å². The van der Waals surface area contributed by atoms with E-state index in [1.165, 1.54) is 0 Å². The van der Waals surface area contributed by atoms with Crippen LogP contribution >= 0.6 is 11.6 Å². The molecule has 2 N–H and O–H groups in total. The minimum absolute atomic E-state index is 0.0452. The highest BCUT2D eigenvalue weighted by Crippen LogP contribution is 2.26. The molecule has 0 fully saturated rings. The van der Waals surface area contributed by atoms with Crippen LogP contribution in [-0.4, -0.2) is 10.1 Å². The second-order valence-corrected chi connectivity index (χ2v) is 4.22. The third-order valence-corrected chi connectivity index (χ3v) is 2.84. The Kier molecular flexibility index (Phi) is 3.49. The smallest absolute Gasteiger partial charge is 0.115 e. The van der Waals surface area contributed by atoms with Crippen molar-refractivity contribution < 1.29 is 5.11 Å². The first kappa shape index (κ1) is 11.7. The van der Waals surface area contributed by atoms with Gasteiger partial charge < -0.3 is 10.4 Å². The summed E-state index contributed by atoms with van der Waals surface area (Å²) in [6, 6.07) is 8.91. The minimum Gasteiger partial charge on any atom is -0.508 e. The lowest BCUT2D eigenvalue weighted by atomic mass is 10.1. The normalized spacial score (nSPS) is 12.1. The van der Waals surface area contributed by atoms with Gasteiger partial charge >= 0.3 is 0 Å². The van der Waals surface area contributed by atoms with Crippen LogP contribution in [0.15, 0.2) is 42.7 Å². The molecule has 0 radical (unpaired) electrons. The monoisotopic (exact) mass is 248 g/mol. The van der Waals surface area contributed by atoms with Crippen LogP contribution in [-0.2, 0) is 0 Å². The molecule has 1 aromatic heterocycles. The van der Waals surface area contributed by atoms with Gasteiger partial charge in [0, 0.05) is 12.2 Å². The molecular formula is C13H13ClN2O. The topological polar surface area (TPSA) is 45.2 Å². The Morgan fingerprint density at radius 1 is 1.35 bits per heavy atom. The van der Waals surface area contributed by atoms with Crippen molar-refractivity contribution in [3.05, 3.63) is 53.3 Å². The molecule has 3 nitrogen and oxygen atoms in total. The van der Waals surface area contributed by atoms with Gasteiger partial charge in [0.15, 0.2) is 0 Å². The number of nitrogens with one attached hydrogen (secondary N) is 1. The van der Waals surface area contributed by atoms with Crippen LogP contribution in [0.1, 0.15) is 18.5 Å². The maximum absolute atomic E-state index is 9.42. The highest BCUT2D eigenvalue weighted by molar-refractivity contribution is 6.33. The molecule has 1 heterocycles. The number of pyridine rings is 1. The van der Waals surface area contributed by atoms with E-state index >= 15 is 0 Å². The quantitative estimate of drug-likeness (QED) is 0.872. The molecule has 1 unspecified atom stereocenters. The first-order chi connectivity index (χ1) is 8.16. The lowest BCUT2D eigenvalue weighted by Gasteiger charge is -2.16. The Hall–Kier alpha value is -1.74. The van der Waals surface area contributed by atoms with Crippen molar-refractivity contribution in [2.75, 3.05) is 5.32 Å². The van der Waals surface area contributed by atoms with Crippen LogP contribution in [0.3, 0.4) is 0 Å². The van der Waals surface area contributed by atoms with Crippen molar-refractivity contribution >= 4 is 17.3 Å². The zero-order valence-corrected chi connectivity index (χ0v) is 10.1. The van der Waals surface area contributed by atoms with E-state index in [0.29, 0.717) is 5.02 Å². The van der Waals surface area contributed by atoms with Gasteiger partial charge in [-0.15, -0.1) is 0 Å². The number of phenols is 1. The molecule has 0 saturated carbocycles. The molecule has 0 saturated heterocycles. The fraction of sp³-hybridized carbons (Fsp3) is 0.154. The Balaban J connectivity index is 2.17. The molecule has 0 spiro atoms. The molecule has 0 amide bonds. The summed E-state index contributed by atoms with van der Waals surface area (Å²) in [7, 11) is 0. The average Bonchev–Trinajstić information content (AvgIpc) is 2.32. The number of aromatic nitrogens is 1. The average molecular weight is 249 g/mol. The van der Waals surface area contributed by atoms with Crippen molar-refractivity contribution in [2.24, 2.45) is 0 Å². The number of benzene rings is 1. The van der Waals surface area contributed by atoms with Gasteiger partial charge in [-0.3, -0.25) is 4.98 Å². The zero-order valence-electron chi connectivity index (χ0n) is 9.39. The molecule has 1 aromatic carbocycles. The summed E-state index contributed by atoms with van der Waals surface area (Å²) in [5.41, 5.74) is 1.77. The van der Waals surface area contributed by atoms with Gasteiger partial charge in [-0.2, -0.15) is 0 Å². The lowest BCUT2D eigenvalue weighted by molar-refractivity contribution is 0.474. The van der Waals surface area contributed by atoms with E-state index in [1.54, 1.807) is 30.6 Å². The molecule has 0 aliphatic rings. The summed E-state index contributed by atoms with van der Waals surface area (Å²) < 4.78 is 0. The largest absolute Gasteiger partial charge is 0.508 e. The van der Waals surface area contributed by atoms with E-state index in [1.807, 2.05) is 19.1 Å². The zero-order chi connectivity index (χ0) is 12.3. The second kappa shape index (κ2) is 5.06. The third-order valence-electron chi connectivity index (χ3n) is 2.51. The van der Waals surface area contributed by atoms with Gasteiger partial charge in [-0.05, 0) is 30.7 Å². The van der Waals surface area contributed by atoms with Crippen molar-refractivity contribution in [1.82, 2.24) is 4.98 Å². The number of rotatable bonds is 3. The predicted octanol–water partition coefficient (Wildman–Crippen LogP) is 3.61. The van der Waals surface area contributed by atoms with Gasteiger partial charge in [-0.25, -0.2) is 0 Å². The highest BCUT2D eigenvalue weighted by Gasteiger charge is 2.07. The number of halogens is 1. The summed E-state index contributed by atoms with van der Waals surface area (Å²) >= 11 is 6.04. The molecule has 2 aromatic rings. The van der Waals surface area contributed by atoms with Crippen LogP contribution < -0.4 is 5.32 Å². The van der Waals surface area contributed by atoms with Crippen molar-refractivity contribution in [3.8, 4) is 5.75 Å². The van der Waals surface area contributed by atoms with E-state index in [9.17, 15) is 5.11 Å². The minimum atomic E-state index is 0.0452. The molecule has 88 valence electrons. The second-order valence-electron chi connectivity index (χ2n) is 3.82. The Labute approximate surface area is 105 Å². The Morgan fingerprint density at radius 3 is 2.88 bits per heavy atom. The fourth-order valence-corrected chi connectivity index (χ4v) is 1.75. The van der Waals surface area contributed by atoms with Crippen LogP contribution in [0.5, 0.6) is 5.75 Å². The lowest BCUT2D eigenvalue weighted by Crippen LogP contribution is -2.06. The first-order valence-electron chi connectivity index (χ1n) is 5.32. The number of anilines is 1. The Morgan fingerprint density at radius 2 is 2.18 bits per heavy atom. The summed E-state index contributed by atoms with van der Waals surface area (Å²) in [6.07, 6.45) is 3.33. The first-order valence-corrected chi connectivity index (χ1v) is 5.69. The number of hydrogen-bond acceptors (Lipinski definition) is 3. The van der Waals surface area contributed by atoms with E-state index < -0.39 is 0 Å². The van der Waals surface area contributed by atoms with Crippen molar-refractivity contribution in [3.63, 3.8) is 0 Å².